The first-order valence-corrected chi connectivity index (χ1v) is 13.7. The van der Waals surface area contributed by atoms with Gasteiger partial charge in [0, 0.05) is 30.0 Å². The Hall–Kier alpha value is -4.30. The number of nitrogens with zero attached hydrogens (tertiary/aromatic N) is 4. The van der Waals surface area contributed by atoms with Gasteiger partial charge in [-0.05, 0) is 12.1 Å². The molecule has 274 valence electrons. The second kappa shape index (κ2) is 26.5. The van der Waals surface area contributed by atoms with Crippen molar-refractivity contribution >= 4 is 78.9 Å². The summed E-state index contributed by atoms with van der Waals surface area (Å²) in [4.78, 5) is 52.8. The van der Waals surface area contributed by atoms with Crippen LogP contribution in [0.4, 0.5) is 28.9 Å². The Morgan fingerprint density at radius 3 is 1.71 bits per heavy atom. The van der Waals surface area contributed by atoms with E-state index in [2.05, 4.69) is 33.1 Å². The summed E-state index contributed by atoms with van der Waals surface area (Å²) in [5, 5.41) is 20.5. The smallest absolute Gasteiger partial charge is 1.00 e. The van der Waals surface area contributed by atoms with Crippen LogP contribution in [0.25, 0.3) is 10.9 Å². The van der Waals surface area contributed by atoms with Gasteiger partial charge in [-0.3, -0.25) is 45.5 Å². The number of hydrogen-bond acceptors (Lipinski definition) is 10. The van der Waals surface area contributed by atoms with Gasteiger partial charge in [0.15, 0.2) is 11.0 Å². The third kappa shape index (κ3) is 22.2. The third-order valence-electron chi connectivity index (χ3n) is 4.28. The minimum absolute atomic E-state index is 0. The van der Waals surface area contributed by atoms with E-state index in [1.54, 1.807) is 12.3 Å². The molecule has 0 aliphatic carbocycles. The first kappa shape index (κ1) is 53.5. The molecule has 5 rings (SSSR count). The molecule has 0 spiro atoms. The van der Waals surface area contributed by atoms with Crippen LogP contribution in [0.15, 0.2) is 77.5 Å². The van der Waals surface area contributed by atoms with Crippen LogP contribution >= 0.6 is 23.2 Å². The van der Waals surface area contributed by atoms with Crippen LogP contribution in [0, 0.1) is 50.1 Å². The molecule has 17 nitrogen and oxygen atoms in total. The molecule has 0 amide bonds. The molecule has 0 saturated heterocycles. The van der Waals surface area contributed by atoms with Crippen molar-refractivity contribution in [2.24, 2.45) is 0 Å². The van der Waals surface area contributed by atoms with Crippen molar-refractivity contribution in [2.75, 3.05) is 0 Å². The normalized spacial score (nSPS) is 9.10. The Kier molecular flexibility index (Phi) is 27.8. The molecular weight excluding hydrogens is 841 g/mol. The van der Waals surface area contributed by atoms with Crippen molar-refractivity contribution in [1.82, 2.24) is 24.9 Å². The van der Waals surface area contributed by atoms with Gasteiger partial charge in [-0.2, -0.15) is 8.42 Å². The van der Waals surface area contributed by atoms with Crippen LogP contribution < -0.4 is 28.1 Å². The van der Waals surface area contributed by atoms with E-state index < -0.39 is 54.6 Å². The van der Waals surface area contributed by atoms with Crippen LogP contribution in [-0.4, -0.2) is 75.3 Å². The first-order chi connectivity index (χ1) is 22.3. The Morgan fingerprint density at radius 1 is 0.804 bits per heavy atom. The number of halogens is 7. The molecular formula is C25H22BrCl2F4MgN7O10S. The summed E-state index contributed by atoms with van der Waals surface area (Å²) in [6.45, 7) is 7.00. The summed E-state index contributed by atoms with van der Waals surface area (Å²) in [5.41, 5.74) is -1.95. The Balaban J connectivity index is -0.000000269. The van der Waals surface area contributed by atoms with E-state index >= 15 is 0 Å². The minimum atomic E-state index is -4.67. The standard InChI is InChI=1S/C7H4ClFN2.C5H2ClFN2O2.C5H3FN2O3.C5H4FNO.C2H3.CH4.BrH.Mg.H2O4S/c8-7-6-4(1-2-10-6)5(9)3-11-7;6-5-4(9(10)11)1-3(7)2-8-5;6-3-1-4(8(10)11)5(9)7-2-3;6-4-1-2-5(8)7-3-4;1-2;;;;1-5(2,3)4/h1-3,10H;1-2H;1-2H,(H,7,9);1-3H,(H,7,8);1H,2H2;1H4;1H;;(H2,1,2,3,4)/q;;;;-1;;;+2;/p-1. The molecule has 0 aliphatic rings. The van der Waals surface area contributed by atoms with E-state index in [0.717, 1.165) is 43.0 Å². The number of hydrogen-bond donors (Lipinski definition) is 5. The molecule has 0 saturated carbocycles. The number of nitro groups is 2. The van der Waals surface area contributed by atoms with Gasteiger partial charge < -0.3 is 38.5 Å². The zero-order valence-corrected chi connectivity index (χ0v) is 29.6. The molecule has 0 aromatic carbocycles. The Bertz CT molecular complexity index is 2020. The van der Waals surface area contributed by atoms with E-state index in [4.69, 9.17) is 40.7 Å². The average Bonchev–Trinajstić information content (AvgIpc) is 3.52. The van der Waals surface area contributed by atoms with E-state index in [-0.39, 0.29) is 64.0 Å². The third-order valence-corrected chi connectivity index (χ3v) is 4.85. The fourth-order valence-electron chi connectivity index (χ4n) is 2.50. The van der Waals surface area contributed by atoms with Crippen molar-refractivity contribution < 1.29 is 61.9 Å². The maximum absolute atomic E-state index is 12.9. The summed E-state index contributed by atoms with van der Waals surface area (Å²) in [6.07, 6.45) is 5.33. The Morgan fingerprint density at radius 2 is 1.29 bits per heavy atom. The number of rotatable bonds is 2. The van der Waals surface area contributed by atoms with Crippen LogP contribution in [0.2, 0.25) is 10.3 Å². The maximum Gasteiger partial charge on any atom is 2.00 e. The fourth-order valence-corrected chi connectivity index (χ4v) is 2.88. The second-order valence-corrected chi connectivity index (χ2v) is 9.10. The first-order valence-electron chi connectivity index (χ1n) is 11.5. The molecule has 5 heterocycles. The number of H-pyrrole nitrogens is 3. The van der Waals surface area contributed by atoms with Crippen LogP contribution in [0.1, 0.15) is 7.43 Å². The second-order valence-electron chi connectivity index (χ2n) is 7.49. The summed E-state index contributed by atoms with van der Waals surface area (Å²) < 4.78 is 80.9. The summed E-state index contributed by atoms with van der Waals surface area (Å²) in [6, 6.07) is 5.15. The zero-order chi connectivity index (χ0) is 37.2. The van der Waals surface area contributed by atoms with Gasteiger partial charge in [0.05, 0.1) is 39.9 Å². The molecule has 5 N–H and O–H groups in total. The van der Waals surface area contributed by atoms with Gasteiger partial charge in [-0.1, -0.05) is 30.6 Å². The molecule has 26 heteroatoms. The van der Waals surface area contributed by atoms with Crippen molar-refractivity contribution in [3.63, 3.8) is 0 Å². The monoisotopic (exact) mass is 861 g/mol. The summed E-state index contributed by atoms with van der Waals surface area (Å²) in [5.74, 6) is -2.40. The van der Waals surface area contributed by atoms with Gasteiger partial charge in [-0.25, -0.2) is 27.5 Å². The van der Waals surface area contributed by atoms with Crippen molar-refractivity contribution in [3.05, 3.63) is 149 Å². The number of aromatic nitrogens is 5. The molecule has 51 heavy (non-hydrogen) atoms. The number of nitrogens with one attached hydrogen (secondary N) is 3. The Labute approximate surface area is 320 Å². The average molecular weight is 864 g/mol. The molecule has 5 aromatic heterocycles. The molecule has 5 aromatic rings. The zero-order valence-electron chi connectivity index (χ0n) is 24.3. The predicted molar refractivity (Wildman–Crippen MR) is 174 cm³/mol. The van der Waals surface area contributed by atoms with E-state index in [1.165, 1.54) is 0 Å². The number of pyridine rings is 4. The number of aromatic amines is 3. The van der Waals surface area contributed by atoms with Gasteiger partial charge in [-0.15, -0.1) is 0 Å². The molecule has 0 radical (unpaired) electrons. The summed E-state index contributed by atoms with van der Waals surface area (Å²) in [7, 11) is -4.67. The van der Waals surface area contributed by atoms with Gasteiger partial charge in [0.2, 0.25) is 10.7 Å². The van der Waals surface area contributed by atoms with Gasteiger partial charge in [0.25, 0.3) is 0 Å². The molecule has 0 unspecified atom stereocenters. The van der Waals surface area contributed by atoms with Crippen LogP contribution in [0.3, 0.4) is 0 Å². The SMILES string of the molecule is C.Fc1cnc(Cl)c2[nH]ccc12.O=S(=O)(O)O.O=[N+]([O-])c1cc(F)cnc1Cl.O=c1[nH]cc(F)cc1[N+](=O)[O-].O=c1ccc(F)c[nH]1.[Br-].[CH-]=C.[Mg+2]. The van der Waals surface area contributed by atoms with Crippen molar-refractivity contribution in [1.29, 1.82) is 0 Å². The minimum Gasteiger partial charge on any atom is -1.00 e. The van der Waals surface area contributed by atoms with Crippen LogP contribution in [-0.2, 0) is 10.4 Å². The van der Waals surface area contributed by atoms with Crippen molar-refractivity contribution in [2.45, 2.75) is 7.43 Å². The van der Waals surface area contributed by atoms with Crippen LogP contribution in [0.5, 0.6) is 0 Å². The molecule has 0 fully saturated rings. The van der Waals surface area contributed by atoms with Gasteiger partial charge >= 0.3 is 50.4 Å². The van der Waals surface area contributed by atoms with Gasteiger partial charge in [0.1, 0.15) is 17.5 Å². The number of fused-ring (bicyclic) bond motifs is 1. The van der Waals surface area contributed by atoms with E-state index in [9.17, 15) is 47.4 Å². The van der Waals surface area contributed by atoms with E-state index in [1.807, 2.05) is 4.98 Å². The maximum atomic E-state index is 12.9. The summed E-state index contributed by atoms with van der Waals surface area (Å²) >= 11 is 10.9. The topological polar surface area (TPSA) is 268 Å². The predicted octanol–water partition coefficient (Wildman–Crippen LogP) is 2.29. The molecule has 0 atom stereocenters. The quantitative estimate of drug-likeness (QED) is 0.0326. The van der Waals surface area contributed by atoms with E-state index in [0.29, 0.717) is 22.1 Å². The van der Waals surface area contributed by atoms with Crippen molar-refractivity contribution in [3.8, 4) is 0 Å². The fraction of sp³-hybridized carbons (Fsp3) is 0.0400. The molecule has 0 aliphatic heterocycles. The largest absolute Gasteiger partial charge is 2.00 e. The molecule has 0 bridgehead atoms.